The van der Waals surface area contributed by atoms with E-state index in [1.165, 1.54) is 13.8 Å². The van der Waals surface area contributed by atoms with Gasteiger partial charge >= 0.3 is 17.9 Å². The maximum Gasteiger partial charge on any atom is 0.311 e. The van der Waals surface area contributed by atoms with E-state index in [0.29, 0.717) is 44.3 Å². The van der Waals surface area contributed by atoms with Gasteiger partial charge in [0.1, 0.15) is 13.2 Å². The number of aromatic nitrogens is 3. The van der Waals surface area contributed by atoms with Crippen LogP contribution in [0.2, 0.25) is 0 Å². The van der Waals surface area contributed by atoms with Crippen LogP contribution < -0.4 is 11.1 Å². The minimum atomic E-state index is -1.14. The zero-order valence-corrected chi connectivity index (χ0v) is 34.8. The first-order valence-electron chi connectivity index (χ1n) is 18.4. The first-order valence-corrected chi connectivity index (χ1v) is 18.4. The Morgan fingerprint density at radius 3 is 2.02 bits per heavy atom. The molecule has 0 bridgehead atoms. The van der Waals surface area contributed by atoms with Gasteiger partial charge in [-0.1, -0.05) is 26.0 Å². The number of β-amino-alcohol motifs (C(OH)–C–C–N with tert-alkyl or cyclic N) is 1. The van der Waals surface area contributed by atoms with E-state index in [2.05, 4.69) is 15.6 Å². The minimum absolute atomic E-state index is 0.0971. The average Bonchev–Trinajstić information content (AvgIpc) is 3.44. The summed E-state index contributed by atoms with van der Waals surface area (Å²) in [4.78, 5) is 63.9. The van der Waals surface area contributed by atoms with Crippen LogP contribution in [0.4, 0.5) is 0 Å². The number of hydrogen-bond acceptors (Lipinski definition) is 12. The molecule has 0 aromatic carbocycles. The van der Waals surface area contributed by atoms with Crippen LogP contribution in [0.25, 0.3) is 0 Å². The van der Waals surface area contributed by atoms with Gasteiger partial charge in [-0.15, -0.1) is 5.10 Å². The Balaban J connectivity index is 2.75. The highest BCUT2D eigenvalue weighted by atomic mass is 16.6. The molecular formula is C38H68N6O9. The molecule has 2 unspecified atom stereocenters. The molecule has 53 heavy (non-hydrogen) atoms. The number of carbonyl (C=O) groups excluding carboxylic acids is 5. The number of ether oxygens (including phenoxy) is 3. The average molecular weight is 753 g/mol. The van der Waals surface area contributed by atoms with Crippen molar-refractivity contribution in [2.45, 2.75) is 164 Å². The lowest BCUT2D eigenvalue weighted by atomic mass is 9.79. The molecule has 0 fully saturated rings. The quantitative estimate of drug-likeness (QED) is 0.121. The predicted molar refractivity (Wildman–Crippen MR) is 200 cm³/mol. The van der Waals surface area contributed by atoms with Crippen molar-refractivity contribution >= 4 is 29.7 Å². The summed E-state index contributed by atoms with van der Waals surface area (Å²) in [6, 6.07) is 0. The highest BCUT2D eigenvalue weighted by molar-refractivity contribution is 5.86. The standard InChI is InChI=1S/C38H68N6O9/c1-26(45)51-21-29(53-27(2)46)22-52-32(49)34(6,7)24-36(10,11)44-20-28(41-42-44)16-15-17-30(47)40-19-18-35(8,9)43(25-37(12,13)50)31(48)38(14,39)23-33(3,4)5/h20,29,50H,15-19,21-25,39H2,1-14H3,(H,40,47). The van der Waals surface area contributed by atoms with Gasteiger partial charge in [0, 0.05) is 45.1 Å². The van der Waals surface area contributed by atoms with E-state index in [1.807, 2.05) is 48.5 Å². The van der Waals surface area contributed by atoms with E-state index in [0.717, 1.165) is 0 Å². The minimum Gasteiger partial charge on any atom is -0.462 e. The summed E-state index contributed by atoms with van der Waals surface area (Å²) in [5, 5.41) is 22.2. The fraction of sp³-hybridized carbons (Fsp3) is 0.816. The number of nitrogens with two attached hydrogens (primary N) is 1. The van der Waals surface area contributed by atoms with Gasteiger partial charge in [0.15, 0.2) is 6.10 Å². The lowest BCUT2D eigenvalue weighted by molar-refractivity contribution is -0.169. The molecule has 0 radical (unpaired) electrons. The summed E-state index contributed by atoms with van der Waals surface area (Å²) >= 11 is 0. The molecule has 0 spiro atoms. The SMILES string of the molecule is CC(=O)OCC(COC(=O)C(C)(C)CC(C)(C)n1cc(CCCC(=O)NCCC(C)(C)N(CC(C)(C)O)C(=O)C(C)(N)CC(C)(C)C)nn1)OC(C)=O. The van der Waals surface area contributed by atoms with Crippen molar-refractivity contribution in [2.24, 2.45) is 16.6 Å². The van der Waals surface area contributed by atoms with E-state index in [-0.39, 0.29) is 43.4 Å². The second-order valence-electron chi connectivity index (χ2n) is 18.3. The molecule has 0 aliphatic rings. The van der Waals surface area contributed by atoms with Crippen molar-refractivity contribution in [2.75, 3.05) is 26.3 Å². The largest absolute Gasteiger partial charge is 0.462 e. The molecule has 1 rings (SSSR count). The van der Waals surface area contributed by atoms with Gasteiger partial charge in [0.2, 0.25) is 11.8 Å². The molecule has 1 aromatic rings. The third-order valence-corrected chi connectivity index (χ3v) is 8.60. The van der Waals surface area contributed by atoms with Crippen molar-refractivity contribution in [3.63, 3.8) is 0 Å². The third-order valence-electron chi connectivity index (χ3n) is 8.60. The highest BCUT2D eigenvalue weighted by Gasteiger charge is 2.43. The van der Waals surface area contributed by atoms with Gasteiger partial charge in [0.05, 0.1) is 27.8 Å². The van der Waals surface area contributed by atoms with Gasteiger partial charge in [0.25, 0.3) is 0 Å². The fourth-order valence-electron chi connectivity index (χ4n) is 6.46. The van der Waals surface area contributed by atoms with Gasteiger partial charge in [-0.3, -0.25) is 24.0 Å². The van der Waals surface area contributed by atoms with Crippen molar-refractivity contribution in [3.05, 3.63) is 11.9 Å². The fourth-order valence-corrected chi connectivity index (χ4v) is 6.46. The van der Waals surface area contributed by atoms with Gasteiger partial charge in [-0.2, -0.15) is 0 Å². The number of nitrogens with zero attached hydrogens (tertiary/aromatic N) is 4. The molecule has 4 N–H and O–H groups in total. The summed E-state index contributed by atoms with van der Waals surface area (Å²) in [5.41, 5.74) is 2.51. The molecule has 1 heterocycles. The summed E-state index contributed by atoms with van der Waals surface area (Å²) in [6.07, 6.45) is 3.45. The maximum absolute atomic E-state index is 13.8. The number of hydrogen-bond donors (Lipinski definition) is 3. The second kappa shape index (κ2) is 18.6. The van der Waals surface area contributed by atoms with Crippen molar-refractivity contribution in [3.8, 4) is 0 Å². The number of nitrogens with one attached hydrogen (secondary N) is 1. The smallest absolute Gasteiger partial charge is 0.311 e. The Morgan fingerprint density at radius 1 is 0.906 bits per heavy atom. The van der Waals surface area contributed by atoms with Crippen molar-refractivity contribution < 1.29 is 43.3 Å². The van der Waals surface area contributed by atoms with Crippen LogP contribution in [0.15, 0.2) is 6.20 Å². The first-order chi connectivity index (χ1) is 23.9. The molecule has 304 valence electrons. The molecule has 0 saturated carbocycles. The molecule has 0 aliphatic heterocycles. The normalized spacial score (nSPS) is 14.5. The molecule has 0 saturated heterocycles. The van der Waals surface area contributed by atoms with Crippen LogP contribution in [0.3, 0.4) is 0 Å². The Bertz CT molecular complexity index is 1400. The van der Waals surface area contributed by atoms with E-state index in [9.17, 15) is 29.1 Å². The van der Waals surface area contributed by atoms with E-state index in [1.54, 1.807) is 50.4 Å². The Kier molecular flexibility index (Phi) is 16.7. The highest BCUT2D eigenvalue weighted by Crippen LogP contribution is 2.34. The van der Waals surface area contributed by atoms with Crippen LogP contribution in [0.5, 0.6) is 0 Å². The summed E-state index contributed by atoms with van der Waals surface area (Å²) in [7, 11) is 0. The lowest BCUT2D eigenvalue weighted by Gasteiger charge is -2.46. The summed E-state index contributed by atoms with van der Waals surface area (Å²) < 4.78 is 17.2. The monoisotopic (exact) mass is 753 g/mol. The molecule has 1 aromatic heterocycles. The van der Waals surface area contributed by atoms with E-state index < -0.39 is 51.6 Å². The number of rotatable bonds is 21. The van der Waals surface area contributed by atoms with Gasteiger partial charge in [-0.25, -0.2) is 4.68 Å². The third kappa shape index (κ3) is 17.4. The first kappa shape index (κ1) is 47.4. The van der Waals surface area contributed by atoms with E-state index in [4.69, 9.17) is 19.9 Å². The van der Waals surface area contributed by atoms with Gasteiger partial charge < -0.3 is 35.3 Å². The van der Waals surface area contributed by atoms with Crippen LogP contribution in [-0.2, 0) is 50.1 Å². The number of carbonyl (C=O) groups is 5. The molecule has 2 atom stereocenters. The molecule has 15 nitrogen and oxygen atoms in total. The summed E-state index contributed by atoms with van der Waals surface area (Å²) in [5.74, 6) is -2.03. The molecular weight excluding hydrogens is 684 g/mol. The van der Waals surface area contributed by atoms with E-state index >= 15 is 0 Å². The summed E-state index contributed by atoms with van der Waals surface area (Å²) in [6.45, 7) is 24.7. The Morgan fingerprint density at radius 2 is 1.49 bits per heavy atom. The molecule has 15 heteroatoms. The lowest BCUT2D eigenvalue weighted by Crippen LogP contribution is -2.63. The maximum atomic E-state index is 13.8. The number of aliphatic hydroxyl groups is 1. The Labute approximate surface area is 316 Å². The zero-order valence-electron chi connectivity index (χ0n) is 34.8. The van der Waals surface area contributed by atoms with Crippen LogP contribution in [0, 0.1) is 10.8 Å². The molecule has 0 aliphatic carbocycles. The van der Waals surface area contributed by atoms with Crippen molar-refractivity contribution in [1.82, 2.24) is 25.2 Å². The van der Waals surface area contributed by atoms with Gasteiger partial charge in [-0.05, 0) is 99.8 Å². The second-order valence-corrected chi connectivity index (χ2v) is 18.3. The predicted octanol–water partition coefficient (Wildman–Crippen LogP) is 3.83. The van der Waals surface area contributed by atoms with Crippen molar-refractivity contribution in [1.29, 1.82) is 0 Å². The molecule has 2 amide bonds. The zero-order chi connectivity index (χ0) is 41.2. The Hall–Kier alpha value is -3.59. The van der Waals surface area contributed by atoms with Crippen LogP contribution in [0.1, 0.15) is 135 Å². The number of aryl methyl sites for hydroxylation is 1. The number of esters is 3. The van der Waals surface area contributed by atoms with Crippen LogP contribution >= 0.6 is 0 Å². The number of amides is 2. The van der Waals surface area contributed by atoms with Crippen LogP contribution in [-0.4, -0.2) is 104 Å². The topological polar surface area (TPSA) is 205 Å².